The van der Waals surface area contributed by atoms with Gasteiger partial charge in [0.05, 0.1) is 18.0 Å². The average Bonchev–Trinajstić information content (AvgIpc) is 2.45. The predicted octanol–water partition coefficient (Wildman–Crippen LogP) is 1.62. The van der Waals surface area contributed by atoms with Crippen molar-refractivity contribution >= 4 is 10.0 Å². The molecule has 0 saturated heterocycles. The molecule has 0 fully saturated rings. The molecular weight excluding hydrogens is 274 g/mol. The lowest BCUT2D eigenvalue weighted by molar-refractivity contribution is 0.417. The fourth-order valence-electron chi connectivity index (χ4n) is 1.92. The Balaban J connectivity index is 2.50. The van der Waals surface area contributed by atoms with Gasteiger partial charge in [-0.2, -0.15) is 4.31 Å². The van der Waals surface area contributed by atoms with E-state index in [2.05, 4.69) is 10.3 Å². The minimum atomic E-state index is -3.19. The first-order valence-electron chi connectivity index (χ1n) is 7.18. The standard InChI is InChI=1S/C14H25N3O2S/c1-3-15-10-7-8-12-20(18,19)17(4-2)13-14-9-5-6-11-16-14/h5-6,9,11,15H,3-4,7-8,10,12-13H2,1-2H3. The van der Waals surface area contributed by atoms with Crippen LogP contribution in [0.25, 0.3) is 0 Å². The van der Waals surface area contributed by atoms with Gasteiger partial charge in [-0.3, -0.25) is 4.98 Å². The van der Waals surface area contributed by atoms with Crippen molar-refractivity contribution in [3.63, 3.8) is 0 Å². The monoisotopic (exact) mass is 299 g/mol. The molecule has 1 rings (SSSR count). The van der Waals surface area contributed by atoms with Gasteiger partial charge in [0, 0.05) is 12.7 Å². The molecule has 0 aromatic carbocycles. The summed E-state index contributed by atoms with van der Waals surface area (Å²) in [6, 6.07) is 5.55. The maximum Gasteiger partial charge on any atom is 0.214 e. The van der Waals surface area contributed by atoms with Gasteiger partial charge in [-0.25, -0.2) is 8.42 Å². The first-order chi connectivity index (χ1) is 9.60. The van der Waals surface area contributed by atoms with Crippen LogP contribution in [0.1, 0.15) is 32.4 Å². The minimum absolute atomic E-state index is 0.207. The number of hydrogen-bond acceptors (Lipinski definition) is 4. The van der Waals surface area contributed by atoms with E-state index in [-0.39, 0.29) is 5.75 Å². The predicted molar refractivity (Wildman–Crippen MR) is 81.9 cm³/mol. The largest absolute Gasteiger partial charge is 0.317 e. The molecule has 0 saturated carbocycles. The van der Waals surface area contributed by atoms with Crippen LogP contribution >= 0.6 is 0 Å². The summed E-state index contributed by atoms with van der Waals surface area (Å²) in [6.07, 6.45) is 3.26. The number of hydrogen-bond donors (Lipinski definition) is 1. The molecule has 0 aliphatic heterocycles. The molecule has 0 amide bonds. The van der Waals surface area contributed by atoms with Gasteiger partial charge in [0.25, 0.3) is 0 Å². The molecule has 0 aliphatic carbocycles. The van der Waals surface area contributed by atoms with Crippen LogP contribution in [-0.4, -0.2) is 43.1 Å². The van der Waals surface area contributed by atoms with Crippen LogP contribution in [-0.2, 0) is 16.6 Å². The molecule has 1 N–H and O–H groups in total. The van der Waals surface area contributed by atoms with Crippen molar-refractivity contribution in [1.82, 2.24) is 14.6 Å². The highest BCUT2D eigenvalue weighted by Gasteiger charge is 2.20. The van der Waals surface area contributed by atoms with Crippen molar-refractivity contribution < 1.29 is 8.42 Å². The average molecular weight is 299 g/mol. The number of aromatic nitrogens is 1. The first-order valence-corrected chi connectivity index (χ1v) is 8.79. The van der Waals surface area contributed by atoms with E-state index < -0.39 is 10.0 Å². The summed E-state index contributed by atoms with van der Waals surface area (Å²) in [5.41, 5.74) is 0.783. The van der Waals surface area contributed by atoms with Crippen molar-refractivity contribution in [1.29, 1.82) is 0 Å². The molecule has 1 aromatic rings. The summed E-state index contributed by atoms with van der Waals surface area (Å²) < 4.78 is 26.1. The highest BCUT2D eigenvalue weighted by molar-refractivity contribution is 7.89. The van der Waals surface area contributed by atoms with Crippen LogP contribution in [0.2, 0.25) is 0 Å². The lowest BCUT2D eigenvalue weighted by Gasteiger charge is -2.20. The highest BCUT2D eigenvalue weighted by Crippen LogP contribution is 2.09. The smallest absolute Gasteiger partial charge is 0.214 e. The van der Waals surface area contributed by atoms with Gasteiger partial charge in [0.1, 0.15) is 0 Å². The molecule has 0 aliphatic rings. The molecule has 0 unspecified atom stereocenters. The molecule has 5 nitrogen and oxygen atoms in total. The van der Waals surface area contributed by atoms with Crippen molar-refractivity contribution in [3.05, 3.63) is 30.1 Å². The quantitative estimate of drug-likeness (QED) is 0.667. The van der Waals surface area contributed by atoms with Crippen LogP contribution in [0.15, 0.2) is 24.4 Å². The van der Waals surface area contributed by atoms with Crippen molar-refractivity contribution in [2.24, 2.45) is 0 Å². The lowest BCUT2D eigenvalue weighted by Crippen LogP contribution is -2.33. The number of nitrogens with one attached hydrogen (secondary N) is 1. The topological polar surface area (TPSA) is 62.3 Å². The lowest BCUT2D eigenvalue weighted by atomic mass is 10.3. The van der Waals surface area contributed by atoms with Crippen LogP contribution in [0.4, 0.5) is 0 Å². The van der Waals surface area contributed by atoms with Gasteiger partial charge in [0.2, 0.25) is 10.0 Å². The third kappa shape index (κ3) is 5.98. The van der Waals surface area contributed by atoms with Crippen LogP contribution in [0, 0.1) is 0 Å². The van der Waals surface area contributed by atoms with Gasteiger partial charge < -0.3 is 5.32 Å². The van der Waals surface area contributed by atoms with Crippen molar-refractivity contribution in [2.45, 2.75) is 33.2 Å². The summed E-state index contributed by atoms with van der Waals surface area (Å²) in [7, 11) is -3.19. The molecule has 20 heavy (non-hydrogen) atoms. The van der Waals surface area contributed by atoms with E-state index in [9.17, 15) is 8.42 Å². The minimum Gasteiger partial charge on any atom is -0.317 e. The molecule has 0 radical (unpaired) electrons. The number of pyridine rings is 1. The summed E-state index contributed by atoms with van der Waals surface area (Å²) in [5, 5.41) is 3.20. The molecule has 1 heterocycles. The van der Waals surface area contributed by atoms with Crippen LogP contribution < -0.4 is 5.32 Å². The second-order valence-corrected chi connectivity index (χ2v) is 6.71. The Hall–Kier alpha value is -0.980. The Morgan fingerprint density at radius 2 is 2.05 bits per heavy atom. The fraction of sp³-hybridized carbons (Fsp3) is 0.643. The molecular formula is C14H25N3O2S. The summed E-state index contributed by atoms with van der Waals surface area (Å²) >= 11 is 0. The summed E-state index contributed by atoms with van der Waals surface area (Å²) in [5.74, 6) is 0.207. The Morgan fingerprint density at radius 3 is 2.65 bits per heavy atom. The fourth-order valence-corrected chi connectivity index (χ4v) is 3.47. The second kappa shape index (κ2) is 9.05. The van der Waals surface area contributed by atoms with Gasteiger partial charge in [-0.1, -0.05) is 19.9 Å². The van der Waals surface area contributed by atoms with E-state index in [4.69, 9.17) is 0 Å². The number of sulfonamides is 1. The molecule has 0 bridgehead atoms. The van der Waals surface area contributed by atoms with Crippen LogP contribution in [0.3, 0.4) is 0 Å². The molecule has 1 aromatic heterocycles. The van der Waals surface area contributed by atoms with E-state index in [1.54, 1.807) is 6.20 Å². The van der Waals surface area contributed by atoms with E-state index in [0.29, 0.717) is 19.5 Å². The third-order valence-corrected chi connectivity index (χ3v) is 5.05. The van der Waals surface area contributed by atoms with Crippen molar-refractivity contribution in [2.75, 3.05) is 25.4 Å². The van der Waals surface area contributed by atoms with Gasteiger partial charge >= 0.3 is 0 Å². The zero-order chi connectivity index (χ0) is 14.8. The van der Waals surface area contributed by atoms with Crippen molar-refractivity contribution in [3.8, 4) is 0 Å². The van der Waals surface area contributed by atoms with Gasteiger partial charge in [-0.15, -0.1) is 0 Å². The van der Waals surface area contributed by atoms with Gasteiger partial charge in [-0.05, 0) is 38.1 Å². The second-order valence-electron chi connectivity index (χ2n) is 4.62. The zero-order valence-corrected chi connectivity index (χ0v) is 13.2. The normalized spacial score (nSPS) is 11.9. The number of rotatable bonds is 10. The number of unbranched alkanes of at least 4 members (excludes halogenated alkanes) is 1. The maximum absolute atomic E-state index is 12.3. The SMILES string of the molecule is CCNCCCCS(=O)(=O)N(CC)Cc1ccccn1. The first kappa shape index (κ1) is 17.1. The van der Waals surface area contributed by atoms with E-state index in [1.807, 2.05) is 32.0 Å². The maximum atomic E-state index is 12.3. The molecule has 0 atom stereocenters. The Morgan fingerprint density at radius 1 is 1.25 bits per heavy atom. The Labute approximate surface area is 122 Å². The molecule has 114 valence electrons. The molecule has 6 heteroatoms. The zero-order valence-electron chi connectivity index (χ0n) is 12.4. The highest BCUT2D eigenvalue weighted by atomic mass is 32.2. The van der Waals surface area contributed by atoms with Crippen LogP contribution in [0.5, 0.6) is 0 Å². The molecule has 0 spiro atoms. The van der Waals surface area contributed by atoms with Gasteiger partial charge in [0.15, 0.2) is 0 Å². The van der Waals surface area contributed by atoms with E-state index in [1.165, 1.54) is 4.31 Å². The summed E-state index contributed by atoms with van der Waals surface area (Å²) in [4.78, 5) is 4.18. The Bertz CT molecular complexity index is 463. The van der Waals surface area contributed by atoms with E-state index >= 15 is 0 Å². The number of nitrogens with zero attached hydrogens (tertiary/aromatic N) is 2. The third-order valence-electron chi connectivity index (χ3n) is 3.07. The summed E-state index contributed by atoms with van der Waals surface area (Å²) in [6.45, 7) is 6.53. The Kier molecular flexibility index (Phi) is 7.72. The van der Waals surface area contributed by atoms with E-state index in [0.717, 1.165) is 25.2 Å².